The Bertz CT molecular complexity index is 911. The molecule has 1 aromatic heterocycles. The average molecular weight is 345 g/mol. The standard InChI is InChI=1S/C19H18Cl2N2/c1-10-8-11(2)17-14(9-10)12-6-7-22-18(19(12)23-17)13-4-3-5-15(20)16(13)21/h3-5,8-9,18,22-23H,6-7H2,1-2H3. The van der Waals surface area contributed by atoms with Crippen molar-refractivity contribution in [3.05, 3.63) is 68.3 Å². The van der Waals surface area contributed by atoms with E-state index < -0.39 is 0 Å². The van der Waals surface area contributed by atoms with Crippen molar-refractivity contribution < 1.29 is 0 Å². The lowest BCUT2D eigenvalue weighted by molar-refractivity contribution is 0.560. The molecule has 1 aliphatic heterocycles. The SMILES string of the molecule is Cc1cc(C)c2[nH]c3c(c2c1)CCNC3c1cccc(Cl)c1Cl. The smallest absolute Gasteiger partial charge is 0.0747 e. The van der Waals surface area contributed by atoms with Gasteiger partial charge in [-0.25, -0.2) is 0 Å². The number of hydrogen-bond acceptors (Lipinski definition) is 1. The molecule has 2 aromatic carbocycles. The van der Waals surface area contributed by atoms with Gasteiger partial charge in [0.25, 0.3) is 0 Å². The summed E-state index contributed by atoms with van der Waals surface area (Å²) in [5.74, 6) is 0. The number of aryl methyl sites for hydroxylation is 2. The van der Waals surface area contributed by atoms with Crippen LogP contribution in [0, 0.1) is 13.8 Å². The fourth-order valence-electron chi connectivity index (χ4n) is 3.69. The summed E-state index contributed by atoms with van der Waals surface area (Å²) in [6.45, 7) is 5.24. The first-order chi connectivity index (χ1) is 11.1. The first-order valence-electron chi connectivity index (χ1n) is 7.85. The molecule has 2 N–H and O–H groups in total. The number of halogens is 2. The van der Waals surface area contributed by atoms with Crippen LogP contribution < -0.4 is 5.32 Å². The van der Waals surface area contributed by atoms with Crippen LogP contribution >= 0.6 is 23.2 Å². The van der Waals surface area contributed by atoms with E-state index in [0.29, 0.717) is 10.0 Å². The fourth-order valence-corrected chi connectivity index (χ4v) is 4.11. The molecule has 2 heterocycles. The van der Waals surface area contributed by atoms with Crippen LogP contribution in [0.4, 0.5) is 0 Å². The molecule has 0 amide bonds. The van der Waals surface area contributed by atoms with Crippen LogP contribution in [0.25, 0.3) is 10.9 Å². The summed E-state index contributed by atoms with van der Waals surface area (Å²) in [5, 5.41) is 6.14. The topological polar surface area (TPSA) is 27.8 Å². The van der Waals surface area contributed by atoms with Crippen molar-refractivity contribution in [2.75, 3.05) is 6.54 Å². The highest BCUT2D eigenvalue weighted by atomic mass is 35.5. The van der Waals surface area contributed by atoms with Gasteiger partial charge in [0.15, 0.2) is 0 Å². The van der Waals surface area contributed by atoms with Crippen molar-refractivity contribution in [2.24, 2.45) is 0 Å². The number of aromatic amines is 1. The second kappa shape index (κ2) is 5.55. The van der Waals surface area contributed by atoms with Crippen LogP contribution in [-0.2, 0) is 6.42 Å². The second-order valence-electron chi connectivity index (χ2n) is 6.30. The van der Waals surface area contributed by atoms with Crippen molar-refractivity contribution in [1.82, 2.24) is 10.3 Å². The summed E-state index contributed by atoms with van der Waals surface area (Å²) in [6.07, 6.45) is 1.02. The maximum Gasteiger partial charge on any atom is 0.0747 e. The van der Waals surface area contributed by atoms with E-state index in [1.165, 1.54) is 33.3 Å². The van der Waals surface area contributed by atoms with Gasteiger partial charge in [-0.15, -0.1) is 0 Å². The Hall–Kier alpha value is -1.48. The van der Waals surface area contributed by atoms with E-state index in [4.69, 9.17) is 23.2 Å². The molecule has 1 unspecified atom stereocenters. The molecule has 4 heteroatoms. The molecule has 0 aliphatic carbocycles. The van der Waals surface area contributed by atoms with Gasteiger partial charge in [0.05, 0.1) is 16.1 Å². The Morgan fingerprint density at radius 2 is 1.96 bits per heavy atom. The molecule has 1 aliphatic rings. The third-order valence-electron chi connectivity index (χ3n) is 4.69. The van der Waals surface area contributed by atoms with Gasteiger partial charge in [-0.2, -0.15) is 0 Å². The van der Waals surface area contributed by atoms with Gasteiger partial charge < -0.3 is 10.3 Å². The Labute approximate surface area is 145 Å². The molecule has 1 atom stereocenters. The summed E-state index contributed by atoms with van der Waals surface area (Å²) < 4.78 is 0. The van der Waals surface area contributed by atoms with E-state index in [-0.39, 0.29) is 6.04 Å². The Kier molecular flexibility index (Phi) is 3.64. The predicted octanol–water partition coefficient (Wildman–Crippen LogP) is 5.33. The lowest BCUT2D eigenvalue weighted by Gasteiger charge is -2.25. The molecule has 118 valence electrons. The number of H-pyrrole nitrogens is 1. The van der Waals surface area contributed by atoms with Gasteiger partial charge >= 0.3 is 0 Å². The van der Waals surface area contributed by atoms with Crippen LogP contribution in [0.1, 0.15) is 34.0 Å². The van der Waals surface area contributed by atoms with Crippen LogP contribution in [0.2, 0.25) is 10.0 Å². The largest absolute Gasteiger partial charge is 0.356 e. The summed E-state index contributed by atoms with van der Waals surface area (Å²) in [4.78, 5) is 3.64. The fraction of sp³-hybridized carbons (Fsp3) is 0.263. The van der Waals surface area contributed by atoms with Gasteiger partial charge in [-0.1, -0.05) is 47.0 Å². The number of aromatic nitrogens is 1. The summed E-state index contributed by atoms with van der Waals surface area (Å²) in [7, 11) is 0. The highest BCUT2D eigenvalue weighted by Gasteiger charge is 2.27. The molecular weight excluding hydrogens is 327 g/mol. The highest BCUT2D eigenvalue weighted by molar-refractivity contribution is 6.42. The van der Waals surface area contributed by atoms with E-state index in [9.17, 15) is 0 Å². The molecule has 0 radical (unpaired) electrons. The van der Waals surface area contributed by atoms with Crippen LogP contribution in [0.15, 0.2) is 30.3 Å². The second-order valence-corrected chi connectivity index (χ2v) is 7.09. The molecule has 23 heavy (non-hydrogen) atoms. The molecule has 0 saturated heterocycles. The number of rotatable bonds is 1. The van der Waals surface area contributed by atoms with Gasteiger partial charge in [0, 0.05) is 23.1 Å². The highest BCUT2D eigenvalue weighted by Crippen LogP contribution is 2.38. The minimum Gasteiger partial charge on any atom is -0.356 e. The number of nitrogens with one attached hydrogen (secondary N) is 2. The molecule has 4 rings (SSSR count). The predicted molar refractivity (Wildman–Crippen MR) is 97.8 cm³/mol. The number of hydrogen-bond donors (Lipinski definition) is 2. The first kappa shape index (κ1) is 15.1. The van der Waals surface area contributed by atoms with E-state index in [1.807, 2.05) is 18.2 Å². The Morgan fingerprint density at radius 1 is 1.13 bits per heavy atom. The van der Waals surface area contributed by atoms with Crippen molar-refractivity contribution in [2.45, 2.75) is 26.3 Å². The molecule has 0 spiro atoms. The van der Waals surface area contributed by atoms with E-state index in [2.05, 4.69) is 36.3 Å². The molecule has 0 bridgehead atoms. The van der Waals surface area contributed by atoms with Crippen molar-refractivity contribution >= 4 is 34.1 Å². The van der Waals surface area contributed by atoms with Crippen LogP contribution in [0.5, 0.6) is 0 Å². The maximum absolute atomic E-state index is 6.46. The molecule has 3 aromatic rings. The average Bonchev–Trinajstić information content (AvgIpc) is 2.89. The van der Waals surface area contributed by atoms with Crippen molar-refractivity contribution in [1.29, 1.82) is 0 Å². The van der Waals surface area contributed by atoms with Crippen LogP contribution in [0.3, 0.4) is 0 Å². The summed E-state index contributed by atoms with van der Waals surface area (Å²) in [6, 6.07) is 10.4. The minimum absolute atomic E-state index is 0.0528. The van der Waals surface area contributed by atoms with E-state index in [1.54, 1.807) is 0 Å². The zero-order valence-corrected chi connectivity index (χ0v) is 14.6. The van der Waals surface area contributed by atoms with Gasteiger partial charge in [0.2, 0.25) is 0 Å². The zero-order chi connectivity index (χ0) is 16.1. The van der Waals surface area contributed by atoms with E-state index >= 15 is 0 Å². The zero-order valence-electron chi connectivity index (χ0n) is 13.1. The lowest BCUT2D eigenvalue weighted by atomic mass is 9.93. The minimum atomic E-state index is 0.0528. The summed E-state index contributed by atoms with van der Waals surface area (Å²) in [5.41, 5.74) is 7.45. The maximum atomic E-state index is 6.46. The van der Waals surface area contributed by atoms with Gasteiger partial charge in [0.1, 0.15) is 0 Å². The van der Waals surface area contributed by atoms with E-state index in [0.717, 1.165) is 18.5 Å². The molecule has 0 saturated carbocycles. The van der Waals surface area contributed by atoms with Gasteiger partial charge in [-0.3, -0.25) is 0 Å². The Balaban J connectivity index is 1.95. The summed E-state index contributed by atoms with van der Waals surface area (Å²) >= 11 is 12.7. The van der Waals surface area contributed by atoms with Crippen LogP contribution in [-0.4, -0.2) is 11.5 Å². The third kappa shape index (κ3) is 2.37. The first-order valence-corrected chi connectivity index (χ1v) is 8.61. The van der Waals surface area contributed by atoms with Crippen molar-refractivity contribution in [3.63, 3.8) is 0 Å². The van der Waals surface area contributed by atoms with Gasteiger partial charge in [-0.05, 0) is 49.1 Å². The quantitative estimate of drug-likeness (QED) is 0.613. The molecule has 2 nitrogen and oxygen atoms in total. The van der Waals surface area contributed by atoms with Crippen molar-refractivity contribution in [3.8, 4) is 0 Å². The molecule has 0 fully saturated rings. The lowest BCUT2D eigenvalue weighted by Crippen LogP contribution is -2.30. The normalized spacial score (nSPS) is 17.5. The number of benzene rings is 2. The third-order valence-corrected chi connectivity index (χ3v) is 5.53. The number of fused-ring (bicyclic) bond motifs is 3. The Morgan fingerprint density at radius 3 is 2.78 bits per heavy atom. The molecular formula is C19H18Cl2N2. The monoisotopic (exact) mass is 344 g/mol.